The highest BCUT2D eigenvalue weighted by atomic mass is 16.5. The van der Waals surface area contributed by atoms with Gasteiger partial charge >= 0.3 is 0 Å². The van der Waals surface area contributed by atoms with Crippen LogP contribution in [0.3, 0.4) is 0 Å². The normalized spacial score (nSPS) is 20.9. The Morgan fingerprint density at radius 1 is 1.38 bits per heavy atom. The van der Waals surface area contributed by atoms with Gasteiger partial charge in [0.05, 0.1) is 5.69 Å². The van der Waals surface area contributed by atoms with Crippen molar-refractivity contribution in [1.82, 2.24) is 19.4 Å². The maximum absolute atomic E-state index is 5.08. The first kappa shape index (κ1) is 16.3. The topological polar surface area (TPSA) is 45.6 Å². The molecule has 1 aromatic rings. The number of imidazole rings is 1. The quantitative estimate of drug-likeness (QED) is 0.757. The van der Waals surface area contributed by atoms with Crippen LogP contribution in [0.5, 0.6) is 0 Å². The summed E-state index contributed by atoms with van der Waals surface area (Å²) < 4.78 is 7.34. The van der Waals surface area contributed by atoms with Gasteiger partial charge in [0, 0.05) is 58.7 Å². The summed E-state index contributed by atoms with van der Waals surface area (Å²) in [5, 5.41) is 3.42. The number of hydrogen-bond acceptors (Lipinski definition) is 5. The molecule has 0 amide bonds. The minimum Gasteiger partial charge on any atom is -0.385 e. The first-order valence-electron chi connectivity index (χ1n) is 7.75. The first-order chi connectivity index (χ1) is 10.1. The summed E-state index contributed by atoms with van der Waals surface area (Å²) in [6.45, 7) is 8.09. The summed E-state index contributed by atoms with van der Waals surface area (Å²) in [6, 6.07) is 0.539. The highest BCUT2D eigenvalue weighted by molar-refractivity contribution is 5.28. The molecule has 0 aromatic carbocycles. The highest BCUT2D eigenvalue weighted by Crippen LogP contribution is 2.14. The van der Waals surface area contributed by atoms with Crippen LogP contribution >= 0.6 is 0 Å². The van der Waals surface area contributed by atoms with E-state index in [1.165, 1.54) is 0 Å². The summed E-state index contributed by atoms with van der Waals surface area (Å²) in [4.78, 5) is 9.45. The molecule has 1 saturated heterocycles. The van der Waals surface area contributed by atoms with Crippen LogP contribution in [-0.4, -0.2) is 79.4 Å². The van der Waals surface area contributed by atoms with E-state index in [0.29, 0.717) is 6.04 Å². The monoisotopic (exact) mass is 295 g/mol. The third-order valence-electron chi connectivity index (χ3n) is 4.09. The fourth-order valence-electron chi connectivity index (χ4n) is 2.77. The number of ether oxygens (including phenoxy) is 1. The van der Waals surface area contributed by atoms with Gasteiger partial charge in [-0.15, -0.1) is 0 Å². The van der Waals surface area contributed by atoms with Crippen molar-refractivity contribution in [1.29, 1.82) is 0 Å². The molecule has 6 heteroatoms. The summed E-state index contributed by atoms with van der Waals surface area (Å²) in [5.74, 6) is 0.977. The number of aromatic nitrogens is 2. The molecule has 1 atom stereocenters. The molecular weight excluding hydrogens is 266 g/mol. The lowest BCUT2D eigenvalue weighted by Gasteiger charge is -2.38. The lowest BCUT2D eigenvalue weighted by atomic mass is 10.2. The fraction of sp³-hybridized carbons (Fsp3) is 0.800. The molecule has 2 heterocycles. The highest BCUT2D eigenvalue weighted by Gasteiger charge is 2.23. The minimum absolute atomic E-state index is 0.539. The molecule has 6 nitrogen and oxygen atoms in total. The van der Waals surface area contributed by atoms with E-state index in [2.05, 4.69) is 45.0 Å². The van der Waals surface area contributed by atoms with E-state index in [4.69, 9.17) is 4.74 Å². The predicted octanol–water partition coefficient (Wildman–Crippen LogP) is 0.886. The van der Waals surface area contributed by atoms with Crippen LogP contribution < -0.4 is 5.32 Å². The number of nitrogens with zero attached hydrogens (tertiary/aromatic N) is 4. The van der Waals surface area contributed by atoms with E-state index in [-0.39, 0.29) is 0 Å². The second kappa shape index (κ2) is 7.77. The van der Waals surface area contributed by atoms with Gasteiger partial charge in [-0.1, -0.05) is 0 Å². The Labute approximate surface area is 128 Å². The van der Waals surface area contributed by atoms with Crippen LogP contribution in [0.4, 0.5) is 5.95 Å². The van der Waals surface area contributed by atoms with Crippen molar-refractivity contribution in [2.75, 3.05) is 59.3 Å². The Hall–Kier alpha value is -1.11. The van der Waals surface area contributed by atoms with Crippen molar-refractivity contribution in [3.05, 3.63) is 11.9 Å². The second-order valence-electron chi connectivity index (χ2n) is 6.03. The lowest BCUT2D eigenvalue weighted by molar-refractivity contribution is 0.103. The molecule has 1 aliphatic rings. The number of likely N-dealkylation sites (N-methyl/N-ethyl adjacent to an activating group) is 2. The van der Waals surface area contributed by atoms with Crippen LogP contribution in [0, 0.1) is 6.92 Å². The molecule has 0 radical (unpaired) electrons. The Morgan fingerprint density at radius 3 is 2.95 bits per heavy atom. The van der Waals surface area contributed by atoms with E-state index in [1.807, 2.05) is 6.92 Å². The standard InChI is InChI=1S/C15H29N5O/c1-13-10-20(15(17-13)16-6-5-9-21-4)12-14-11-18(2)7-8-19(14)3/h10,14H,5-9,11-12H2,1-4H3,(H,16,17). The van der Waals surface area contributed by atoms with Gasteiger partial charge in [-0.25, -0.2) is 4.98 Å². The van der Waals surface area contributed by atoms with Crippen LogP contribution in [0.1, 0.15) is 12.1 Å². The van der Waals surface area contributed by atoms with Crippen molar-refractivity contribution in [2.24, 2.45) is 0 Å². The van der Waals surface area contributed by atoms with Crippen molar-refractivity contribution < 1.29 is 4.74 Å². The Kier molecular flexibility index (Phi) is 6.02. The fourth-order valence-corrected chi connectivity index (χ4v) is 2.77. The molecule has 0 saturated carbocycles. The van der Waals surface area contributed by atoms with Crippen molar-refractivity contribution in [2.45, 2.75) is 25.9 Å². The molecule has 1 aliphatic heterocycles. The van der Waals surface area contributed by atoms with E-state index in [1.54, 1.807) is 7.11 Å². The molecule has 1 fully saturated rings. The average molecular weight is 295 g/mol. The molecule has 120 valence electrons. The van der Waals surface area contributed by atoms with Gasteiger partial charge < -0.3 is 19.5 Å². The zero-order valence-electron chi connectivity index (χ0n) is 13.8. The largest absolute Gasteiger partial charge is 0.385 e. The van der Waals surface area contributed by atoms with Crippen LogP contribution in [0.2, 0.25) is 0 Å². The number of nitrogens with one attached hydrogen (secondary N) is 1. The number of aryl methyl sites for hydroxylation is 1. The number of piperazine rings is 1. The lowest BCUT2D eigenvalue weighted by Crippen LogP contribution is -2.51. The zero-order valence-corrected chi connectivity index (χ0v) is 13.8. The molecule has 1 N–H and O–H groups in total. The van der Waals surface area contributed by atoms with Crippen molar-refractivity contribution in [3.63, 3.8) is 0 Å². The minimum atomic E-state index is 0.539. The number of rotatable bonds is 7. The Morgan fingerprint density at radius 2 is 2.19 bits per heavy atom. The van der Waals surface area contributed by atoms with Crippen LogP contribution in [0.25, 0.3) is 0 Å². The SMILES string of the molecule is COCCCNc1nc(C)cn1CC1CN(C)CCN1C. The zero-order chi connectivity index (χ0) is 15.2. The van der Waals surface area contributed by atoms with Gasteiger partial charge in [0.2, 0.25) is 5.95 Å². The number of hydrogen-bond donors (Lipinski definition) is 1. The van der Waals surface area contributed by atoms with Gasteiger partial charge in [-0.05, 0) is 27.4 Å². The summed E-state index contributed by atoms with van der Waals surface area (Å²) in [7, 11) is 6.15. The van der Waals surface area contributed by atoms with Gasteiger partial charge in [-0.2, -0.15) is 0 Å². The molecule has 1 aromatic heterocycles. The van der Waals surface area contributed by atoms with Crippen molar-refractivity contribution >= 4 is 5.95 Å². The van der Waals surface area contributed by atoms with E-state index < -0.39 is 0 Å². The summed E-state index contributed by atoms with van der Waals surface area (Å²) in [5.41, 5.74) is 1.07. The van der Waals surface area contributed by atoms with Gasteiger partial charge in [0.1, 0.15) is 0 Å². The molecule has 0 aliphatic carbocycles. The molecular formula is C15H29N5O. The third kappa shape index (κ3) is 4.69. The predicted molar refractivity (Wildman–Crippen MR) is 85.9 cm³/mol. The maximum Gasteiger partial charge on any atom is 0.203 e. The molecule has 21 heavy (non-hydrogen) atoms. The smallest absolute Gasteiger partial charge is 0.203 e. The second-order valence-corrected chi connectivity index (χ2v) is 6.03. The van der Waals surface area contributed by atoms with E-state index in [9.17, 15) is 0 Å². The van der Waals surface area contributed by atoms with Gasteiger partial charge in [0.25, 0.3) is 0 Å². The number of methoxy groups -OCH3 is 1. The first-order valence-corrected chi connectivity index (χ1v) is 7.75. The maximum atomic E-state index is 5.08. The van der Waals surface area contributed by atoms with Crippen LogP contribution in [-0.2, 0) is 11.3 Å². The summed E-state index contributed by atoms with van der Waals surface area (Å²) in [6.07, 6.45) is 3.13. The molecule has 0 bridgehead atoms. The Bertz CT molecular complexity index is 434. The van der Waals surface area contributed by atoms with Crippen LogP contribution in [0.15, 0.2) is 6.20 Å². The van der Waals surface area contributed by atoms with E-state index >= 15 is 0 Å². The van der Waals surface area contributed by atoms with Gasteiger partial charge in [0.15, 0.2) is 0 Å². The molecule has 2 rings (SSSR count). The van der Waals surface area contributed by atoms with Crippen molar-refractivity contribution in [3.8, 4) is 0 Å². The van der Waals surface area contributed by atoms with E-state index in [0.717, 1.165) is 57.4 Å². The van der Waals surface area contributed by atoms with Gasteiger partial charge in [-0.3, -0.25) is 4.90 Å². The Balaban J connectivity index is 1.95. The summed E-state index contributed by atoms with van der Waals surface area (Å²) >= 11 is 0. The number of anilines is 1. The molecule has 1 unspecified atom stereocenters. The third-order valence-corrected chi connectivity index (χ3v) is 4.09. The average Bonchev–Trinajstić information content (AvgIpc) is 2.79. The molecule has 0 spiro atoms.